The molecule has 0 saturated heterocycles. The molecule has 7 heteroatoms. The minimum atomic E-state index is 0.644. The second kappa shape index (κ2) is 5.87. The van der Waals surface area contributed by atoms with Crippen LogP contribution in [-0.2, 0) is 0 Å². The second-order valence-electron chi connectivity index (χ2n) is 4.16. The summed E-state index contributed by atoms with van der Waals surface area (Å²) in [7, 11) is 0. The molecule has 102 valence electrons. The highest BCUT2D eigenvalue weighted by atomic mass is 32.2. The van der Waals surface area contributed by atoms with Crippen LogP contribution in [0.25, 0.3) is 5.65 Å². The Bertz CT molecular complexity index is 711. The van der Waals surface area contributed by atoms with Crippen LogP contribution in [0.2, 0.25) is 0 Å². The van der Waals surface area contributed by atoms with Gasteiger partial charge >= 0.3 is 0 Å². The number of nitrogens with zero attached hydrogens (tertiary/aromatic N) is 5. The van der Waals surface area contributed by atoms with E-state index >= 15 is 0 Å². The lowest BCUT2D eigenvalue weighted by atomic mass is 10.5. The first-order valence-corrected chi connectivity index (χ1v) is 7.23. The van der Waals surface area contributed by atoms with E-state index in [0.29, 0.717) is 5.95 Å². The summed E-state index contributed by atoms with van der Waals surface area (Å²) >= 11 is 1.47. The van der Waals surface area contributed by atoms with E-state index in [1.165, 1.54) is 11.8 Å². The molecule has 0 saturated carbocycles. The summed E-state index contributed by atoms with van der Waals surface area (Å²) in [5.74, 6) is 0.644. The van der Waals surface area contributed by atoms with Crippen LogP contribution < -0.4 is 5.32 Å². The van der Waals surface area contributed by atoms with Crippen LogP contribution in [0.15, 0.2) is 46.8 Å². The Hall–Kier alpha value is -2.15. The van der Waals surface area contributed by atoms with E-state index in [9.17, 15) is 0 Å². The molecule has 0 bridgehead atoms. The van der Waals surface area contributed by atoms with Gasteiger partial charge in [-0.2, -0.15) is 0 Å². The Morgan fingerprint density at radius 3 is 3.10 bits per heavy atom. The fourth-order valence-corrected chi connectivity index (χ4v) is 2.49. The van der Waals surface area contributed by atoms with E-state index in [2.05, 4.69) is 32.4 Å². The van der Waals surface area contributed by atoms with E-state index < -0.39 is 0 Å². The van der Waals surface area contributed by atoms with Gasteiger partial charge in [-0.1, -0.05) is 13.0 Å². The van der Waals surface area contributed by atoms with Crippen molar-refractivity contribution in [3.63, 3.8) is 0 Å². The lowest BCUT2D eigenvalue weighted by Crippen LogP contribution is -2.04. The van der Waals surface area contributed by atoms with Crippen molar-refractivity contribution in [3.8, 4) is 0 Å². The highest BCUT2D eigenvalue weighted by molar-refractivity contribution is 7.99. The zero-order valence-corrected chi connectivity index (χ0v) is 11.8. The number of rotatable bonds is 5. The van der Waals surface area contributed by atoms with Gasteiger partial charge in [-0.05, 0) is 36.4 Å². The van der Waals surface area contributed by atoms with Crippen LogP contribution in [0, 0.1) is 0 Å². The van der Waals surface area contributed by atoms with E-state index in [1.54, 1.807) is 6.20 Å². The standard InChI is InChI=1S/C13H14N6S/c1-2-7-14-12-15-8-6-11(16-12)20-13-18-17-10-5-3-4-9-19(10)13/h3-6,8-9H,2,7H2,1H3,(H,14,15,16). The number of anilines is 1. The van der Waals surface area contributed by atoms with Crippen LogP contribution in [0.5, 0.6) is 0 Å². The van der Waals surface area contributed by atoms with Gasteiger partial charge in [0.2, 0.25) is 11.1 Å². The molecule has 3 rings (SSSR count). The van der Waals surface area contributed by atoms with Gasteiger partial charge in [-0.25, -0.2) is 9.97 Å². The van der Waals surface area contributed by atoms with Crippen molar-refractivity contribution in [1.82, 2.24) is 24.6 Å². The summed E-state index contributed by atoms with van der Waals surface area (Å²) in [6.07, 6.45) is 4.72. The Morgan fingerprint density at radius 2 is 2.20 bits per heavy atom. The lowest BCUT2D eigenvalue weighted by molar-refractivity contribution is 0.909. The Morgan fingerprint density at radius 1 is 1.25 bits per heavy atom. The minimum Gasteiger partial charge on any atom is -0.354 e. The largest absolute Gasteiger partial charge is 0.354 e. The summed E-state index contributed by atoms with van der Waals surface area (Å²) in [6, 6.07) is 7.68. The molecule has 1 N–H and O–H groups in total. The van der Waals surface area contributed by atoms with Crippen LogP contribution in [0.3, 0.4) is 0 Å². The van der Waals surface area contributed by atoms with Gasteiger partial charge in [-0.15, -0.1) is 10.2 Å². The molecule has 0 aromatic carbocycles. The molecule has 0 amide bonds. The second-order valence-corrected chi connectivity index (χ2v) is 5.15. The Labute approximate surface area is 120 Å². The van der Waals surface area contributed by atoms with Crippen LogP contribution in [-0.4, -0.2) is 31.1 Å². The van der Waals surface area contributed by atoms with Gasteiger partial charge in [0, 0.05) is 18.9 Å². The molecular weight excluding hydrogens is 272 g/mol. The predicted octanol–water partition coefficient (Wildman–Crippen LogP) is 2.49. The summed E-state index contributed by atoms with van der Waals surface area (Å²) < 4.78 is 1.94. The van der Waals surface area contributed by atoms with Crippen molar-refractivity contribution in [2.75, 3.05) is 11.9 Å². The number of pyridine rings is 1. The molecule has 0 aliphatic carbocycles. The summed E-state index contributed by atoms with van der Waals surface area (Å²) in [5, 5.41) is 13.1. The number of aromatic nitrogens is 5. The third kappa shape index (κ3) is 2.72. The molecule has 0 spiro atoms. The highest BCUT2D eigenvalue weighted by Gasteiger charge is 2.08. The van der Waals surface area contributed by atoms with E-state index in [-0.39, 0.29) is 0 Å². The van der Waals surface area contributed by atoms with Crippen molar-refractivity contribution in [2.24, 2.45) is 0 Å². The first kappa shape index (κ1) is 12.9. The van der Waals surface area contributed by atoms with Crippen LogP contribution in [0.4, 0.5) is 5.95 Å². The number of fused-ring (bicyclic) bond motifs is 1. The van der Waals surface area contributed by atoms with Crippen molar-refractivity contribution in [1.29, 1.82) is 0 Å². The molecular formula is C13H14N6S. The fourth-order valence-electron chi connectivity index (χ4n) is 1.70. The molecule has 0 radical (unpaired) electrons. The van der Waals surface area contributed by atoms with Gasteiger partial charge in [-0.3, -0.25) is 4.40 Å². The maximum absolute atomic E-state index is 4.45. The predicted molar refractivity (Wildman–Crippen MR) is 77.9 cm³/mol. The zero-order valence-electron chi connectivity index (χ0n) is 11.0. The van der Waals surface area contributed by atoms with Crippen molar-refractivity contribution < 1.29 is 0 Å². The monoisotopic (exact) mass is 286 g/mol. The summed E-state index contributed by atoms with van der Waals surface area (Å²) in [4.78, 5) is 8.64. The maximum atomic E-state index is 4.45. The third-order valence-corrected chi connectivity index (χ3v) is 3.54. The molecule has 3 aromatic rings. The lowest BCUT2D eigenvalue weighted by Gasteiger charge is -2.04. The topological polar surface area (TPSA) is 68.0 Å². The third-order valence-electron chi connectivity index (χ3n) is 2.64. The van der Waals surface area contributed by atoms with E-state index in [1.807, 2.05) is 34.9 Å². The SMILES string of the molecule is CCCNc1nccc(Sc2nnc3ccccn23)n1. The first-order chi connectivity index (χ1) is 9.86. The van der Waals surface area contributed by atoms with Gasteiger partial charge in [0.25, 0.3) is 0 Å². The van der Waals surface area contributed by atoms with Gasteiger partial charge in [0.1, 0.15) is 5.03 Å². The number of hydrogen-bond donors (Lipinski definition) is 1. The molecule has 3 heterocycles. The molecule has 20 heavy (non-hydrogen) atoms. The Kier molecular flexibility index (Phi) is 3.78. The molecule has 0 atom stereocenters. The number of hydrogen-bond acceptors (Lipinski definition) is 6. The fraction of sp³-hybridized carbons (Fsp3) is 0.231. The molecule has 0 fully saturated rings. The molecule has 0 aliphatic rings. The molecule has 0 unspecified atom stereocenters. The summed E-state index contributed by atoms with van der Waals surface area (Å²) in [5.41, 5.74) is 0.827. The van der Waals surface area contributed by atoms with E-state index in [4.69, 9.17) is 0 Å². The number of nitrogens with one attached hydrogen (secondary N) is 1. The highest BCUT2D eigenvalue weighted by Crippen LogP contribution is 2.24. The molecule has 6 nitrogen and oxygen atoms in total. The van der Waals surface area contributed by atoms with Gasteiger partial charge in [0.05, 0.1) is 0 Å². The minimum absolute atomic E-state index is 0.644. The maximum Gasteiger partial charge on any atom is 0.223 e. The average Bonchev–Trinajstić information content (AvgIpc) is 2.89. The normalized spacial score (nSPS) is 10.8. The van der Waals surface area contributed by atoms with Crippen LogP contribution >= 0.6 is 11.8 Å². The average molecular weight is 286 g/mol. The molecule has 3 aromatic heterocycles. The first-order valence-electron chi connectivity index (χ1n) is 6.41. The Balaban J connectivity index is 1.83. The van der Waals surface area contributed by atoms with Gasteiger partial charge in [0.15, 0.2) is 5.65 Å². The van der Waals surface area contributed by atoms with Crippen molar-refractivity contribution in [2.45, 2.75) is 23.5 Å². The summed E-state index contributed by atoms with van der Waals surface area (Å²) in [6.45, 7) is 2.97. The van der Waals surface area contributed by atoms with Crippen molar-refractivity contribution in [3.05, 3.63) is 36.7 Å². The van der Waals surface area contributed by atoms with Crippen molar-refractivity contribution >= 4 is 23.4 Å². The quantitative estimate of drug-likeness (QED) is 0.727. The van der Waals surface area contributed by atoms with Crippen LogP contribution in [0.1, 0.15) is 13.3 Å². The smallest absolute Gasteiger partial charge is 0.223 e. The van der Waals surface area contributed by atoms with E-state index in [0.717, 1.165) is 28.8 Å². The van der Waals surface area contributed by atoms with Gasteiger partial charge < -0.3 is 5.32 Å². The molecule has 0 aliphatic heterocycles. The zero-order chi connectivity index (χ0) is 13.8.